The molecule has 0 bridgehead atoms. The number of amides is 2. The van der Waals surface area contributed by atoms with Gasteiger partial charge in [-0.3, -0.25) is 9.59 Å². The lowest BCUT2D eigenvalue weighted by Gasteiger charge is -2.28. The molecule has 2 amide bonds. The number of rotatable bonds is 9. The zero-order valence-electron chi connectivity index (χ0n) is 18.2. The Hall–Kier alpha value is -3.33. The van der Waals surface area contributed by atoms with Gasteiger partial charge in [-0.1, -0.05) is 36.5 Å². The average Bonchev–Trinajstić information content (AvgIpc) is 3.27. The first kappa shape index (κ1) is 23.3. The van der Waals surface area contributed by atoms with Gasteiger partial charge in [-0.15, -0.1) is 10.2 Å². The van der Waals surface area contributed by atoms with Crippen molar-refractivity contribution in [2.75, 3.05) is 19.0 Å². The Balaban J connectivity index is 1.63. The number of ether oxygens (including phenoxy) is 1. The number of anilines is 1. The number of aromatic nitrogens is 2. The second-order valence-corrected chi connectivity index (χ2v) is 8.19. The van der Waals surface area contributed by atoms with Gasteiger partial charge in [0.15, 0.2) is 0 Å². The molecule has 9 heteroatoms. The molecule has 32 heavy (non-hydrogen) atoms. The molecule has 0 aliphatic heterocycles. The molecule has 0 radical (unpaired) electrons. The Morgan fingerprint density at radius 2 is 1.97 bits per heavy atom. The fourth-order valence-electron chi connectivity index (χ4n) is 3.08. The van der Waals surface area contributed by atoms with Crippen LogP contribution in [0.15, 0.2) is 48.5 Å². The third-order valence-electron chi connectivity index (χ3n) is 5.02. The first-order chi connectivity index (χ1) is 15.4. The van der Waals surface area contributed by atoms with Crippen LogP contribution in [0.4, 0.5) is 9.52 Å². The lowest BCUT2D eigenvalue weighted by molar-refractivity contribution is -0.116. The van der Waals surface area contributed by atoms with Gasteiger partial charge in [-0.05, 0) is 43.7 Å². The fourth-order valence-corrected chi connectivity index (χ4v) is 3.84. The highest BCUT2D eigenvalue weighted by atomic mass is 32.1. The van der Waals surface area contributed by atoms with Crippen LogP contribution in [-0.4, -0.2) is 46.6 Å². The highest BCUT2D eigenvalue weighted by molar-refractivity contribution is 7.18. The molecule has 7 nitrogen and oxygen atoms in total. The highest BCUT2D eigenvalue weighted by Gasteiger charge is 2.22. The second kappa shape index (κ2) is 10.8. The van der Waals surface area contributed by atoms with E-state index in [-0.39, 0.29) is 36.4 Å². The lowest BCUT2D eigenvalue weighted by atomic mass is 10.1. The van der Waals surface area contributed by atoms with Gasteiger partial charge in [-0.25, -0.2) is 4.39 Å². The summed E-state index contributed by atoms with van der Waals surface area (Å²) in [4.78, 5) is 27.0. The predicted octanol–water partition coefficient (Wildman–Crippen LogP) is 4.62. The maximum atomic E-state index is 13.5. The van der Waals surface area contributed by atoms with Crippen LogP contribution in [0.1, 0.15) is 37.0 Å². The van der Waals surface area contributed by atoms with Crippen LogP contribution in [-0.2, 0) is 4.79 Å². The summed E-state index contributed by atoms with van der Waals surface area (Å²) in [7, 11) is 1.59. The maximum absolute atomic E-state index is 13.5. The Morgan fingerprint density at radius 3 is 2.69 bits per heavy atom. The SMILES string of the molecule is CC[C@@H](C)N(CCC(=O)Nc1nnc(-c2cccc(OC)c2)s1)C(=O)c1cccc(F)c1. The Bertz CT molecular complexity index is 1090. The molecule has 2 aromatic carbocycles. The summed E-state index contributed by atoms with van der Waals surface area (Å²) >= 11 is 1.25. The fraction of sp³-hybridized carbons (Fsp3) is 0.304. The van der Waals surface area contributed by atoms with E-state index in [1.54, 1.807) is 18.1 Å². The van der Waals surface area contributed by atoms with Crippen molar-refractivity contribution in [1.82, 2.24) is 15.1 Å². The zero-order chi connectivity index (χ0) is 23.1. The first-order valence-electron chi connectivity index (χ1n) is 10.3. The molecule has 1 N–H and O–H groups in total. The molecule has 0 aliphatic rings. The topological polar surface area (TPSA) is 84.4 Å². The number of halogens is 1. The smallest absolute Gasteiger partial charge is 0.254 e. The van der Waals surface area contributed by atoms with Crippen molar-refractivity contribution >= 4 is 28.3 Å². The second-order valence-electron chi connectivity index (χ2n) is 7.21. The van der Waals surface area contributed by atoms with E-state index in [4.69, 9.17) is 4.74 Å². The molecule has 0 fully saturated rings. The Kier molecular flexibility index (Phi) is 7.88. The van der Waals surface area contributed by atoms with Gasteiger partial charge >= 0.3 is 0 Å². The summed E-state index contributed by atoms with van der Waals surface area (Å²) < 4.78 is 18.8. The first-order valence-corrected chi connectivity index (χ1v) is 11.1. The minimum atomic E-state index is -0.471. The Labute approximate surface area is 190 Å². The van der Waals surface area contributed by atoms with Gasteiger partial charge < -0.3 is 15.0 Å². The van der Waals surface area contributed by atoms with Gasteiger partial charge in [0.2, 0.25) is 11.0 Å². The minimum absolute atomic E-state index is 0.0828. The summed E-state index contributed by atoms with van der Waals surface area (Å²) in [5.41, 5.74) is 1.10. The predicted molar refractivity (Wildman–Crippen MR) is 122 cm³/mol. The molecule has 0 aliphatic carbocycles. The zero-order valence-corrected chi connectivity index (χ0v) is 19.0. The minimum Gasteiger partial charge on any atom is -0.497 e. The summed E-state index contributed by atoms with van der Waals surface area (Å²) in [6, 6.07) is 12.9. The van der Waals surface area contributed by atoms with E-state index < -0.39 is 5.82 Å². The summed E-state index contributed by atoms with van der Waals surface area (Å²) in [6.07, 6.45) is 0.794. The third-order valence-corrected chi connectivity index (χ3v) is 5.91. The standard InChI is InChI=1S/C23H25FN4O3S/c1-4-15(2)28(22(30)17-8-5-9-18(24)13-17)12-11-20(29)25-23-27-26-21(32-23)16-7-6-10-19(14-16)31-3/h5-10,13-15H,4,11-12H2,1-3H3,(H,25,27,29)/t15-/m1/s1. The van der Waals surface area contributed by atoms with Gasteiger partial charge in [0.1, 0.15) is 16.6 Å². The molecule has 1 aromatic heterocycles. The van der Waals surface area contributed by atoms with Crippen molar-refractivity contribution in [3.8, 4) is 16.3 Å². The van der Waals surface area contributed by atoms with Crippen LogP contribution in [0.3, 0.4) is 0 Å². The monoisotopic (exact) mass is 456 g/mol. The van der Waals surface area contributed by atoms with Crippen LogP contribution in [0.25, 0.3) is 10.6 Å². The maximum Gasteiger partial charge on any atom is 0.254 e. The number of nitrogens with one attached hydrogen (secondary N) is 1. The van der Waals surface area contributed by atoms with E-state index in [2.05, 4.69) is 15.5 Å². The van der Waals surface area contributed by atoms with Crippen molar-refractivity contribution < 1.29 is 18.7 Å². The highest BCUT2D eigenvalue weighted by Crippen LogP contribution is 2.28. The summed E-state index contributed by atoms with van der Waals surface area (Å²) in [5, 5.41) is 11.9. The molecule has 0 spiro atoms. The molecule has 3 aromatic rings. The third kappa shape index (κ3) is 5.88. The number of hydrogen-bond donors (Lipinski definition) is 1. The number of hydrogen-bond acceptors (Lipinski definition) is 6. The van der Waals surface area contributed by atoms with E-state index >= 15 is 0 Å². The molecule has 0 unspecified atom stereocenters. The largest absolute Gasteiger partial charge is 0.497 e. The molecule has 0 saturated carbocycles. The Morgan fingerprint density at radius 1 is 1.19 bits per heavy atom. The lowest BCUT2D eigenvalue weighted by Crippen LogP contribution is -2.40. The van der Waals surface area contributed by atoms with Crippen molar-refractivity contribution in [2.24, 2.45) is 0 Å². The van der Waals surface area contributed by atoms with E-state index in [0.29, 0.717) is 22.3 Å². The molecular weight excluding hydrogens is 431 g/mol. The molecule has 0 saturated heterocycles. The number of benzene rings is 2. The molecular formula is C23H25FN4O3S. The average molecular weight is 457 g/mol. The van der Waals surface area contributed by atoms with E-state index in [0.717, 1.165) is 5.56 Å². The van der Waals surface area contributed by atoms with Crippen molar-refractivity contribution in [3.05, 3.63) is 59.9 Å². The number of nitrogens with zero attached hydrogens (tertiary/aromatic N) is 3. The van der Waals surface area contributed by atoms with Crippen LogP contribution < -0.4 is 10.1 Å². The number of carbonyl (C=O) groups is 2. The van der Waals surface area contributed by atoms with Crippen molar-refractivity contribution in [1.29, 1.82) is 0 Å². The van der Waals surface area contributed by atoms with Crippen LogP contribution in [0.2, 0.25) is 0 Å². The van der Waals surface area contributed by atoms with Crippen LogP contribution >= 0.6 is 11.3 Å². The van der Waals surface area contributed by atoms with Crippen LogP contribution in [0.5, 0.6) is 5.75 Å². The quantitative estimate of drug-likeness (QED) is 0.508. The van der Waals surface area contributed by atoms with E-state index in [9.17, 15) is 14.0 Å². The molecule has 1 heterocycles. The molecule has 1 atom stereocenters. The summed E-state index contributed by atoms with van der Waals surface area (Å²) in [5.74, 6) is -0.348. The van der Waals surface area contributed by atoms with Crippen molar-refractivity contribution in [3.63, 3.8) is 0 Å². The van der Waals surface area contributed by atoms with Crippen molar-refractivity contribution in [2.45, 2.75) is 32.7 Å². The van der Waals surface area contributed by atoms with Gasteiger partial charge in [-0.2, -0.15) is 0 Å². The number of carbonyl (C=O) groups excluding carboxylic acids is 2. The number of methoxy groups -OCH3 is 1. The van der Waals surface area contributed by atoms with E-state index in [1.807, 2.05) is 38.1 Å². The van der Waals surface area contributed by atoms with Crippen LogP contribution in [0, 0.1) is 5.82 Å². The normalized spacial score (nSPS) is 11.6. The van der Waals surface area contributed by atoms with Gasteiger partial charge in [0, 0.05) is 30.1 Å². The molecule has 168 valence electrons. The van der Waals surface area contributed by atoms with Gasteiger partial charge in [0.25, 0.3) is 5.91 Å². The van der Waals surface area contributed by atoms with E-state index in [1.165, 1.54) is 29.5 Å². The molecule has 3 rings (SSSR count). The van der Waals surface area contributed by atoms with Gasteiger partial charge in [0.05, 0.1) is 7.11 Å². The summed E-state index contributed by atoms with van der Waals surface area (Å²) in [6.45, 7) is 4.07.